The van der Waals surface area contributed by atoms with Gasteiger partial charge in [0.2, 0.25) is 0 Å². The van der Waals surface area contributed by atoms with Crippen LogP contribution in [0, 0.1) is 0 Å². The maximum absolute atomic E-state index is 12.9. The third-order valence-electron chi connectivity index (χ3n) is 3.68. The lowest BCUT2D eigenvalue weighted by molar-refractivity contribution is -0.137. The first-order valence-corrected chi connectivity index (χ1v) is 6.74. The molecule has 1 aromatic rings. The highest BCUT2D eigenvalue weighted by atomic mass is 19.4. The van der Waals surface area contributed by atoms with E-state index < -0.39 is 17.7 Å². The Bertz CT molecular complexity index is 523. The first-order chi connectivity index (χ1) is 9.81. The second kappa shape index (κ2) is 5.93. The molecule has 1 aromatic carbocycles. The summed E-state index contributed by atoms with van der Waals surface area (Å²) in [6.07, 6.45) is -4.55. The molecule has 4 nitrogen and oxygen atoms in total. The van der Waals surface area contributed by atoms with E-state index in [4.69, 9.17) is 5.11 Å². The standard InChI is InChI=1S/C14H17F3N2O2/c1-2-18-3-5-19(6-4-18)12-8-10(13(20)21)7-11(9-12)14(15,16)17/h7-9H,2-6H2,1H3,(H,20,21). The number of carboxylic acid groups (broad SMARTS) is 1. The number of halogens is 3. The zero-order valence-corrected chi connectivity index (χ0v) is 11.7. The SMILES string of the molecule is CCN1CCN(c2cc(C(=O)O)cc(C(F)(F)F)c2)CC1. The zero-order chi connectivity index (χ0) is 15.6. The maximum Gasteiger partial charge on any atom is 0.416 e. The number of carboxylic acids is 1. The predicted octanol–water partition coefficient (Wildman–Crippen LogP) is 2.55. The summed E-state index contributed by atoms with van der Waals surface area (Å²) in [5, 5.41) is 8.98. The van der Waals surface area contributed by atoms with Gasteiger partial charge in [-0.25, -0.2) is 4.79 Å². The number of piperazine rings is 1. The van der Waals surface area contributed by atoms with Crippen LogP contribution in [0.2, 0.25) is 0 Å². The summed E-state index contributed by atoms with van der Waals surface area (Å²) in [6.45, 7) is 5.63. The smallest absolute Gasteiger partial charge is 0.416 e. The molecule has 116 valence electrons. The van der Waals surface area contributed by atoms with Crippen LogP contribution in [0.4, 0.5) is 18.9 Å². The van der Waals surface area contributed by atoms with Crippen LogP contribution in [-0.2, 0) is 6.18 Å². The van der Waals surface area contributed by atoms with Gasteiger partial charge in [-0.3, -0.25) is 0 Å². The van der Waals surface area contributed by atoms with Crippen molar-refractivity contribution in [3.63, 3.8) is 0 Å². The minimum Gasteiger partial charge on any atom is -0.478 e. The van der Waals surface area contributed by atoms with Crippen LogP contribution in [0.5, 0.6) is 0 Å². The summed E-state index contributed by atoms with van der Waals surface area (Å²) in [5.74, 6) is -1.35. The van der Waals surface area contributed by atoms with Gasteiger partial charge in [0.1, 0.15) is 0 Å². The second-order valence-electron chi connectivity index (χ2n) is 4.99. The molecule has 7 heteroatoms. The predicted molar refractivity (Wildman–Crippen MR) is 72.7 cm³/mol. The van der Waals surface area contributed by atoms with E-state index in [1.165, 1.54) is 6.07 Å². The Balaban J connectivity index is 2.31. The summed E-state index contributed by atoms with van der Waals surface area (Å²) in [5.41, 5.74) is -0.939. The third kappa shape index (κ3) is 3.66. The first-order valence-electron chi connectivity index (χ1n) is 6.74. The van der Waals surface area contributed by atoms with E-state index in [1.807, 2.05) is 6.92 Å². The molecular weight excluding hydrogens is 285 g/mol. The number of nitrogens with zero attached hydrogens (tertiary/aromatic N) is 2. The molecule has 0 atom stereocenters. The number of benzene rings is 1. The number of anilines is 1. The maximum atomic E-state index is 12.9. The highest BCUT2D eigenvalue weighted by Gasteiger charge is 2.32. The fraction of sp³-hybridized carbons (Fsp3) is 0.500. The monoisotopic (exact) mass is 302 g/mol. The molecule has 0 saturated carbocycles. The van der Waals surface area contributed by atoms with Gasteiger partial charge in [0.15, 0.2) is 0 Å². The number of carbonyl (C=O) groups is 1. The molecular formula is C14H17F3N2O2. The van der Waals surface area contributed by atoms with E-state index in [1.54, 1.807) is 4.90 Å². The van der Waals surface area contributed by atoms with Gasteiger partial charge in [-0.2, -0.15) is 13.2 Å². The average Bonchev–Trinajstić information content (AvgIpc) is 2.46. The van der Waals surface area contributed by atoms with Crippen molar-refractivity contribution < 1.29 is 23.1 Å². The summed E-state index contributed by atoms with van der Waals surface area (Å²) in [6, 6.07) is 3.00. The van der Waals surface area contributed by atoms with Crippen molar-refractivity contribution in [3.05, 3.63) is 29.3 Å². The minimum absolute atomic E-state index is 0.318. The van der Waals surface area contributed by atoms with Gasteiger partial charge >= 0.3 is 12.1 Å². The number of hydrogen-bond acceptors (Lipinski definition) is 3. The largest absolute Gasteiger partial charge is 0.478 e. The average molecular weight is 302 g/mol. The minimum atomic E-state index is -4.55. The van der Waals surface area contributed by atoms with E-state index in [0.717, 1.165) is 25.7 Å². The molecule has 1 aliphatic heterocycles. The number of alkyl halides is 3. The topological polar surface area (TPSA) is 43.8 Å². The molecule has 0 bridgehead atoms. The Morgan fingerprint density at radius 3 is 2.29 bits per heavy atom. The molecule has 0 unspecified atom stereocenters. The Hall–Kier alpha value is -1.76. The molecule has 1 saturated heterocycles. The van der Waals surface area contributed by atoms with Gasteiger partial charge in [-0.05, 0) is 24.7 Å². The fourth-order valence-corrected chi connectivity index (χ4v) is 2.40. The molecule has 1 N–H and O–H groups in total. The molecule has 0 aromatic heterocycles. The van der Waals surface area contributed by atoms with Gasteiger partial charge in [0, 0.05) is 31.9 Å². The van der Waals surface area contributed by atoms with Crippen LogP contribution in [0.15, 0.2) is 18.2 Å². The summed E-state index contributed by atoms with van der Waals surface area (Å²) < 4.78 is 38.6. The van der Waals surface area contributed by atoms with Crippen LogP contribution in [0.1, 0.15) is 22.8 Å². The lowest BCUT2D eigenvalue weighted by Crippen LogP contribution is -2.46. The molecule has 2 rings (SSSR count). The number of hydrogen-bond donors (Lipinski definition) is 1. The van der Waals surface area contributed by atoms with Crippen molar-refractivity contribution in [2.45, 2.75) is 13.1 Å². The molecule has 1 fully saturated rings. The van der Waals surface area contributed by atoms with E-state index in [2.05, 4.69) is 4.90 Å². The zero-order valence-electron chi connectivity index (χ0n) is 11.7. The summed E-state index contributed by atoms with van der Waals surface area (Å²) >= 11 is 0. The van der Waals surface area contributed by atoms with Gasteiger partial charge in [0.05, 0.1) is 11.1 Å². The van der Waals surface area contributed by atoms with Crippen molar-refractivity contribution in [2.24, 2.45) is 0 Å². The second-order valence-corrected chi connectivity index (χ2v) is 4.99. The molecule has 21 heavy (non-hydrogen) atoms. The van der Waals surface area contributed by atoms with Crippen molar-refractivity contribution in [3.8, 4) is 0 Å². The quantitative estimate of drug-likeness (QED) is 0.932. The molecule has 0 aliphatic carbocycles. The lowest BCUT2D eigenvalue weighted by atomic mass is 10.1. The molecule has 0 spiro atoms. The van der Waals surface area contributed by atoms with Crippen LogP contribution in [0.25, 0.3) is 0 Å². The normalized spacial score (nSPS) is 17.0. The first kappa shape index (κ1) is 15.6. The Labute approximate surface area is 120 Å². The molecule has 0 radical (unpaired) electrons. The third-order valence-corrected chi connectivity index (χ3v) is 3.68. The van der Waals surface area contributed by atoms with E-state index in [9.17, 15) is 18.0 Å². The van der Waals surface area contributed by atoms with Crippen molar-refractivity contribution in [1.29, 1.82) is 0 Å². The van der Waals surface area contributed by atoms with Gasteiger partial charge in [-0.15, -0.1) is 0 Å². The van der Waals surface area contributed by atoms with Crippen molar-refractivity contribution in [2.75, 3.05) is 37.6 Å². The molecule has 1 heterocycles. The molecule has 0 amide bonds. The summed E-state index contributed by atoms with van der Waals surface area (Å²) in [4.78, 5) is 15.0. The molecule has 1 aliphatic rings. The van der Waals surface area contributed by atoms with Crippen molar-refractivity contribution in [1.82, 2.24) is 4.90 Å². The van der Waals surface area contributed by atoms with E-state index in [-0.39, 0.29) is 5.56 Å². The number of rotatable bonds is 3. The van der Waals surface area contributed by atoms with Crippen LogP contribution < -0.4 is 4.90 Å². The van der Waals surface area contributed by atoms with Gasteiger partial charge < -0.3 is 14.9 Å². The fourth-order valence-electron chi connectivity index (χ4n) is 2.40. The van der Waals surface area contributed by atoms with Crippen LogP contribution >= 0.6 is 0 Å². The Morgan fingerprint density at radius 1 is 1.19 bits per heavy atom. The van der Waals surface area contributed by atoms with Crippen LogP contribution in [0.3, 0.4) is 0 Å². The Kier molecular flexibility index (Phi) is 4.41. The number of aromatic carboxylic acids is 1. The van der Waals surface area contributed by atoms with E-state index in [0.29, 0.717) is 24.8 Å². The van der Waals surface area contributed by atoms with Gasteiger partial charge in [-0.1, -0.05) is 6.92 Å². The van der Waals surface area contributed by atoms with E-state index >= 15 is 0 Å². The lowest BCUT2D eigenvalue weighted by Gasteiger charge is -2.35. The number of likely N-dealkylation sites (N-methyl/N-ethyl adjacent to an activating group) is 1. The summed E-state index contributed by atoms with van der Waals surface area (Å²) in [7, 11) is 0. The van der Waals surface area contributed by atoms with Crippen LogP contribution in [-0.4, -0.2) is 48.7 Å². The Morgan fingerprint density at radius 2 is 1.81 bits per heavy atom. The van der Waals surface area contributed by atoms with Crippen molar-refractivity contribution >= 4 is 11.7 Å². The highest BCUT2D eigenvalue weighted by Crippen LogP contribution is 2.33. The highest BCUT2D eigenvalue weighted by molar-refractivity contribution is 5.89. The van der Waals surface area contributed by atoms with Gasteiger partial charge in [0.25, 0.3) is 0 Å².